The number of nitrogens with one attached hydrogen (secondary N) is 1. The summed E-state index contributed by atoms with van der Waals surface area (Å²) in [7, 11) is 0. The highest BCUT2D eigenvalue weighted by Gasteiger charge is 2.29. The van der Waals surface area contributed by atoms with E-state index < -0.39 is 5.51 Å². The molecular weight excluding hydrogens is 263 g/mol. The van der Waals surface area contributed by atoms with Crippen molar-refractivity contribution in [1.29, 1.82) is 0 Å². The summed E-state index contributed by atoms with van der Waals surface area (Å²) < 4.78 is 41.7. The van der Waals surface area contributed by atoms with Gasteiger partial charge >= 0.3 is 5.51 Å². The van der Waals surface area contributed by atoms with Gasteiger partial charge in [-0.3, -0.25) is 0 Å². The molecular formula is C12H14F3NOS. The Kier molecular flexibility index (Phi) is 4.40. The van der Waals surface area contributed by atoms with Crippen LogP contribution in [0.2, 0.25) is 0 Å². The van der Waals surface area contributed by atoms with E-state index in [1.54, 1.807) is 12.1 Å². The number of hydrogen-bond acceptors (Lipinski definition) is 3. The lowest BCUT2D eigenvalue weighted by atomic mass is 10.1. The number of benzene rings is 1. The van der Waals surface area contributed by atoms with Crippen molar-refractivity contribution in [2.45, 2.75) is 29.3 Å². The molecule has 2 rings (SSSR count). The minimum absolute atomic E-state index is 0.0923. The van der Waals surface area contributed by atoms with Gasteiger partial charge in [0.15, 0.2) is 0 Å². The fraction of sp³-hybridized carbons (Fsp3) is 0.500. The predicted molar refractivity (Wildman–Crippen MR) is 65.8 cm³/mol. The maximum atomic E-state index is 12.1. The highest BCUT2D eigenvalue weighted by molar-refractivity contribution is 8.00. The fourth-order valence-corrected chi connectivity index (χ4v) is 2.37. The Labute approximate surface area is 108 Å². The lowest BCUT2D eigenvalue weighted by Crippen LogP contribution is -2.27. The van der Waals surface area contributed by atoms with Crippen LogP contribution >= 0.6 is 11.8 Å². The zero-order valence-corrected chi connectivity index (χ0v) is 10.5. The van der Waals surface area contributed by atoms with Crippen LogP contribution in [0.3, 0.4) is 0 Å². The first-order valence-corrected chi connectivity index (χ1v) is 6.55. The molecule has 1 aliphatic rings. The zero-order valence-electron chi connectivity index (χ0n) is 9.67. The molecule has 1 aliphatic heterocycles. The Morgan fingerprint density at radius 3 is 2.28 bits per heavy atom. The van der Waals surface area contributed by atoms with Crippen LogP contribution in [-0.4, -0.2) is 24.8 Å². The van der Waals surface area contributed by atoms with Gasteiger partial charge in [0.1, 0.15) is 0 Å². The number of rotatable bonds is 3. The summed E-state index contributed by atoms with van der Waals surface area (Å²) in [5, 5.41) is 3.30. The normalized spacial score (nSPS) is 17.7. The van der Waals surface area contributed by atoms with Crippen LogP contribution in [0.25, 0.3) is 0 Å². The number of ether oxygens (including phenoxy) is 1. The maximum absolute atomic E-state index is 12.1. The smallest absolute Gasteiger partial charge is 0.382 e. The van der Waals surface area contributed by atoms with Gasteiger partial charge in [-0.15, -0.1) is 0 Å². The Morgan fingerprint density at radius 1 is 1.11 bits per heavy atom. The number of halogens is 3. The summed E-state index contributed by atoms with van der Waals surface area (Å²) in [5.41, 5.74) is -3.37. The zero-order chi connectivity index (χ0) is 13.0. The summed E-state index contributed by atoms with van der Waals surface area (Å²) in [4.78, 5) is 0.208. The van der Waals surface area contributed by atoms with E-state index in [9.17, 15) is 13.2 Å². The van der Waals surface area contributed by atoms with Crippen LogP contribution < -0.4 is 5.32 Å². The first-order valence-electron chi connectivity index (χ1n) is 5.73. The Hall–Kier alpha value is -0.880. The van der Waals surface area contributed by atoms with Crippen molar-refractivity contribution in [2.24, 2.45) is 0 Å². The number of anilines is 1. The molecule has 0 radical (unpaired) electrons. The molecule has 0 aliphatic carbocycles. The van der Waals surface area contributed by atoms with Gasteiger partial charge in [0.05, 0.1) is 0 Å². The second kappa shape index (κ2) is 5.84. The van der Waals surface area contributed by atoms with Crippen molar-refractivity contribution in [2.75, 3.05) is 18.5 Å². The van der Waals surface area contributed by atoms with E-state index in [4.69, 9.17) is 4.74 Å². The SMILES string of the molecule is FC(F)(F)Sc1ccc(NC2CCOCC2)cc1. The van der Waals surface area contributed by atoms with Crippen LogP contribution in [0, 0.1) is 0 Å². The molecule has 1 N–H and O–H groups in total. The lowest BCUT2D eigenvalue weighted by Gasteiger charge is -2.24. The van der Waals surface area contributed by atoms with Gasteiger partial charge in [-0.2, -0.15) is 13.2 Å². The second-order valence-corrected chi connectivity index (χ2v) is 5.24. The van der Waals surface area contributed by atoms with E-state index in [-0.39, 0.29) is 16.7 Å². The molecule has 0 spiro atoms. The third kappa shape index (κ3) is 4.42. The summed E-state index contributed by atoms with van der Waals surface area (Å²) in [5.74, 6) is 0. The molecule has 0 aromatic heterocycles. The van der Waals surface area contributed by atoms with E-state index in [0.29, 0.717) is 6.04 Å². The Morgan fingerprint density at radius 2 is 1.72 bits per heavy atom. The van der Waals surface area contributed by atoms with E-state index in [1.165, 1.54) is 12.1 Å². The quantitative estimate of drug-likeness (QED) is 0.847. The lowest BCUT2D eigenvalue weighted by molar-refractivity contribution is -0.0328. The summed E-state index contributed by atoms with van der Waals surface area (Å²) in [6.07, 6.45) is 1.86. The molecule has 100 valence electrons. The van der Waals surface area contributed by atoms with Gasteiger partial charge in [-0.05, 0) is 48.9 Å². The molecule has 1 fully saturated rings. The number of hydrogen-bond donors (Lipinski definition) is 1. The van der Waals surface area contributed by atoms with Gasteiger partial charge in [0.25, 0.3) is 0 Å². The van der Waals surface area contributed by atoms with Gasteiger partial charge < -0.3 is 10.1 Å². The Bertz CT molecular complexity index is 374. The molecule has 2 nitrogen and oxygen atoms in total. The summed E-state index contributed by atoms with van der Waals surface area (Å²) in [6, 6.07) is 6.69. The molecule has 18 heavy (non-hydrogen) atoms. The van der Waals surface area contributed by atoms with Crippen LogP contribution in [0.5, 0.6) is 0 Å². The first-order chi connectivity index (χ1) is 8.53. The van der Waals surface area contributed by atoms with Gasteiger partial charge in [0.2, 0.25) is 0 Å². The number of alkyl halides is 3. The Balaban J connectivity index is 1.90. The maximum Gasteiger partial charge on any atom is 0.446 e. The van der Waals surface area contributed by atoms with E-state index in [0.717, 1.165) is 31.7 Å². The van der Waals surface area contributed by atoms with Crippen molar-refractivity contribution in [3.8, 4) is 0 Å². The molecule has 1 heterocycles. The average Bonchev–Trinajstić information content (AvgIpc) is 2.31. The minimum Gasteiger partial charge on any atom is -0.382 e. The molecule has 0 saturated carbocycles. The molecule has 1 aromatic carbocycles. The fourth-order valence-electron chi connectivity index (χ4n) is 1.83. The van der Waals surface area contributed by atoms with Crippen molar-refractivity contribution in [1.82, 2.24) is 0 Å². The first kappa shape index (κ1) is 13.5. The molecule has 0 bridgehead atoms. The molecule has 6 heteroatoms. The van der Waals surface area contributed by atoms with Gasteiger partial charge in [0, 0.05) is 29.8 Å². The molecule has 0 unspecified atom stereocenters. The van der Waals surface area contributed by atoms with Crippen molar-refractivity contribution >= 4 is 17.4 Å². The monoisotopic (exact) mass is 277 g/mol. The molecule has 1 saturated heterocycles. The average molecular weight is 277 g/mol. The molecule has 1 aromatic rings. The topological polar surface area (TPSA) is 21.3 Å². The van der Waals surface area contributed by atoms with Crippen LogP contribution in [0.4, 0.5) is 18.9 Å². The highest BCUT2D eigenvalue weighted by atomic mass is 32.2. The second-order valence-electron chi connectivity index (χ2n) is 4.10. The third-order valence-electron chi connectivity index (χ3n) is 2.68. The van der Waals surface area contributed by atoms with E-state index in [2.05, 4.69) is 5.32 Å². The van der Waals surface area contributed by atoms with Crippen LogP contribution in [0.15, 0.2) is 29.2 Å². The van der Waals surface area contributed by atoms with Crippen molar-refractivity contribution in [3.63, 3.8) is 0 Å². The minimum atomic E-state index is -4.23. The van der Waals surface area contributed by atoms with Gasteiger partial charge in [-0.25, -0.2) is 0 Å². The van der Waals surface area contributed by atoms with Crippen molar-refractivity contribution < 1.29 is 17.9 Å². The summed E-state index contributed by atoms with van der Waals surface area (Å²) >= 11 is -0.0923. The van der Waals surface area contributed by atoms with Crippen LogP contribution in [0.1, 0.15) is 12.8 Å². The van der Waals surface area contributed by atoms with Crippen molar-refractivity contribution in [3.05, 3.63) is 24.3 Å². The predicted octanol–water partition coefficient (Wildman–Crippen LogP) is 3.89. The standard InChI is InChI=1S/C12H14F3NOS/c13-12(14,15)18-11-3-1-9(2-4-11)16-10-5-7-17-8-6-10/h1-4,10,16H,5-8H2. The highest BCUT2D eigenvalue weighted by Crippen LogP contribution is 2.37. The summed E-state index contributed by atoms with van der Waals surface area (Å²) in [6.45, 7) is 1.47. The third-order valence-corrected chi connectivity index (χ3v) is 3.42. The largest absolute Gasteiger partial charge is 0.446 e. The van der Waals surface area contributed by atoms with Crippen LogP contribution in [-0.2, 0) is 4.74 Å². The van der Waals surface area contributed by atoms with E-state index >= 15 is 0 Å². The molecule has 0 amide bonds. The molecule has 0 atom stereocenters. The van der Waals surface area contributed by atoms with E-state index in [1.807, 2.05) is 0 Å². The van der Waals surface area contributed by atoms with Gasteiger partial charge in [-0.1, -0.05) is 0 Å². The number of thioether (sulfide) groups is 1.